The fourth-order valence-corrected chi connectivity index (χ4v) is 2.71. The van der Waals surface area contributed by atoms with Gasteiger partial charge in [-0.3, -0.25) is 9.98 Å². The second-order valence-electron chi connectivity index (χ2n) is 5.56. The highest BCUT2D eigenvalue weighted by Crippen LogP contribution is 2.24. The van der Waals surface area contributed by atoms with Crippen molar-refractivity contribution in [3.8, 4) is 0 Å². The van der Waals surface area contributed by atoms with E-state index >= 15 is 0 Å². The van der Waals surface area contributed by atoms with E-state index in [9.17, 15) is 0 Å². The maximum atomic E-state index is 4.31. The molecule has 1 unspecified atom stereocenters. The van der Waals surface area contributed by atoms with Gasteiger partial charge in [0.25, 0.3) is 0 Å². The van der Waals surface area contributed by atoms with Crippen LogP contribution in [0.15, 0.2) is 47.4 Å². The van der Waals surface area contributed by atoms with Gasteiger partial charge in [-0.2, -0.15) is 0 Å². The molecule has 2 heterocycles. The molecule has 0 fully saturated rings. The lowest BCUT2D eigenvalue weighted by Gasteiger charge is -2.26. The molecule has 0 radical (unpaired) electrons. The predicted molar refractivity (Wildman–Crippen MR) is 89.6 cm³/mol. The fraction of sp³-hybridized carbons (Fsp3) is 0.444. The Morgan fingerprint density at radius 3 is 3.05 bits per heavy atom. The number of hydrogen-bond donors (Lipinski definition) is 0. The molecule has 3 nitrogen and oxygen atoms in total. The molecule has 3 heteroatoms. The number of aliphatic imine (C=N–C) groups is 1. The van der Waals surface area contributed by atoms with Gasteiger partial charge in [-0.05, 0) is 55.2 Å². The largest absolute Gasteiger partial charge is 0.352 e. The van der Waals surface area contributed by atoms with Gasteiger partial charge in [-0.1, -0.05) is 26.0 Å². The summed E-state index contributed by atoms with van der Waals surface area (Å²) in [5.41, 5.74) is 4.14. The Labute approximate surface area is 128 Å². The Balaban J connectivity index is 2.07. The van der Waals surface area contributed by atoms with Crippen LogP contribution in [0.3, 0.4) is 0 Å². The zero-order chi connectivity index (χ0) is 15.1. The van der Waals surface area contributed by atoms with E-state index in [2.05, 4.69) is 59.7 Å². The van der Waals surface area contributed by atoms with Crippen molar-refractivity contribution in [3.63, 3.8) is 0 Å². The lowest BCUT2D eigenvalue weighted by molar-refractivity contribution is 0.374. The molecule has 1 aromatic heterocycles. The molecule has 0 saturated carbocycles. The highest BCUT2D eigenvalue weighted by atomic mass is 15.2. The number of rotatable bonds is 7. The standard InChI is InChI=1S/C18H25N3/c1-4-15(2)18-10-11-20-13-16(18)8-9-17-7-5-6-12-21(17)14-19-3/h5-7,10-11,13,15H,3-4,8-9,12,14H2,1-2H3. The number of pyridine rings is 1. The van der Waals surface area contributed by atoms with Gasteiger partial charge >= 0.3 is 0 Å². The van der Waals surface area contributed by atoms with Gasteiger partial charge in [-0.15, -0.1) is 0 Å². The Hall–Kier alpha value is -1.90. The van der Waals surface area contributed by atoms with E-state index in [1.165, 1.54) is 16.8 Å². The Morgan fingerprint density at radius 2 is 2.29 bits per heavy atom. The van der Waals surface area contributed by atoms with Gasteiger partial charge < -0.3 is 4.90 Å². The number of nitrogens with zero attached hydrogens (tertiary/aromatic N) is 3. The van der Waals surface area contributed by atoms with Crippen molar-refractivity contribution in [1.29, 1.82) is 0 Å². The molecule has 0 amide bonds. The molecule has 112 valence electrons. The second kappa shape index (κ2) is 7.77. The van der Waals surface area contributed by atoms with E-state index in [0.29, 0.717) is 12.6 Å². The molecule has 1 aliphatic rings. The summed E-state index contributed by atoms with van der Waals surface area (Å²) in [6, 6.07) is 2.17. The molecule has 1 aliphatic heterocycles. The summed E-state index contributed by atoms with van der Waals surface area (Å²) in [4.78, 5) is 10.6. The first-order chi connectivity index (χ1) is 10.3. The molecular weight excluding hydrogens is 258 g/mol. The molecule has 0 aliphatic carbocycles. The second-order valence-corrected chi connectivity index (χ2v) is 5.56. The van der Waals surface area contributed by atoms with Crippen LogP contribution in [0.5, 0.6) is 0 Å². The van der Waals surface area contributed by atoms with Gasteiger partial charge in [0.15, 0.2) is 0 Å². The maximum absolute atomic E-state index is 4.31. The quantitative estimate of drug-likeness (QED) is 0.709. The minimum Gasteiger partial charge on any atom is -0.352 e. The van der Waals surface area contributed by atoms with Crippen LogP contribution in [0.4, 0.5) is 0 Å². The van der Waals surface area contributed by atoms with Crippen molar-refractivity contribution < 1.29 is 0 Å². The third kappa shape index (κ3) is 4.03. The SMILES string of the molecule is C=NCN1CC=CC=C1CCc1cnccc1C(C)CC. The molecule has 1 atom stereocenters. The third-order valence-electron chi connectivity index (χ3n) is 4.16. The van der Waals surface area contributed by atoms with Gasteiger partial charge in [0, 0.05) is 24.6 Å². The minimum atomic E-state index is 0.592. The average Bonchev–Trinajstić information content (AvgIpc) is 2.54. The summed E-state index contributed by atoms with van der Waals surface area (Å²) in [5, 5.41) is 0. The van der Waals surface area contributed by atoms with Crippen LogP contribution in [-0.2, 0) is 6.42 Å². The molecular formula is C18H25N3. The molecule has 0 saturated heterocycles. The van der Waals surface area contributed by atoms with E-state index in [1.54, 1.807) is 0 Å². The average molecular weight is 283 g/mol. The third-order valence-corrected chi connectivity index (χ3v) is 4.16. The molecule has 0 bridgehead atoms. The first kappa shape index (κ1) is 15.5. The van der Waals surface area contributed by atoms with Crippen molar-refractivity contribution in [2.24, 2.45) is 4.99 Å². The van der Waals surface area contributed by atoms with Crippen LogP contribution < -0.4 is 0 Å². The summed E-state index contributed by atoms with van der Waals surface area (Å²) in [6.07, 6.45) is 13.6. The van der Waals surface area contributed by atoms with E-state index in [4.69, 9.17) is 0 Å². The Kier molecular flexibility index (Phi) is 5.73. The smallest absolute Gasteiger partial charge is 0.109 e. The number of aromatic nitrogens is 1. The molecule has 2 rings (SSSR count). The summed E-state index contributed by atoms with van der Waals surface area (Å²) in [6.45, 7) is 9.72. The van der Waals surface area contributed by atoms with Crippen LogP contribution >= 0.6 is 0 Å². The molecule has 21 heavy (non-hydrogen) atoms. The molecule has 1 aromatic rings. The molecule has 0 spiro atoms. The zero-order valence-corrected chi connectivity index (χ0v) is 13.1. The number of hydrogen-bond acceptors (Lipinski definition) is 3. The maximum Gasteiger partial charge on any atom is 0.109 e. The van der Waals surface area contributed by atoms with E-state index in [-0.39, 0.29) is 0 Å². The summed E-state index contributed by atoms with van der Waals surface area (Å²) in [5.74, 6) is 0.592. The minimum absolute atomic E-state index is 0.592. The van der Waals surface area contributed by atoms with Crippen molar-refractivity contribution in [1.82, 2.24) is 9.88 Å². The zero-order valence-electron chi connectivity index (χ0n) is 13.1. The van der Waals surface area contributed by atoms with Crippen molar-refractivity contribution in [3.05, 3.63) is 53.5 Å². The first-order valence-electron chi connectivity index (χ1n) is 7.72. The number of allylic oxidation sites excluding steroid dienone is 3. The predicted octanol–water partition coefficient (Wildman–Crippen LogP) is 3.94. The highest BCUT2D eigenvalue weighted by Gasteiger charge is 2.13. The van der Waals surface area contributed by atoms with Crippen molar-refractivity contribution in [2.75, 3.05) is 13.2 Å². The lowest BCUT2D eigenvalue weighted by atomic mass is 9.92. The van der Waals surface area contributed by atoms with Crippen LogP contribution in [0.2, 0.25) is 0 Å². The normalized spacial score (nSPS) is 15.7. The van der Waals surface area contributed by atoms with Crippen molar-refractivity contribution in [2.45, 2.75) is 39.0 Å². The van der Waals surface area contributed by atoms with E-state index in [0.717, 1.165) is 25.8 Å². The first-order valence-corrected chi connectivity index (χ1v) is 7.72. The van der Waals surface area contributed by atoms with Crippen LogP contribution in [0.1, 0.15) is 43.7 Å². The van der Waals surface area contributed by atoms with Gasteiger partial charge in [0.1, 0.15) is 6.67 Å². The number of aryl methyl sites for hydroxylation is 1. The molecule has 0 aromatic carbocycles. The van der Waals surface area contributed by atoms with Gasteiger partial charge in [0.05, 0.1) is 0 Å². The summed E-state index contributed by atoms with van der Waals surface area (Å²) >= 11 is 0. The topological polar surface area (TPSA) is 28.5 Å². The van der Waals surface area contributed by atoms with Gasteiger partial charge in [0.2, 0.25) is 0 Å². The van der Waals surface area contributed by atoms with Crippen LogP contribution in [-0.4, -0.2) is 29.8 Å². The summed E-state index contributed by atoms with van der Waals surface area (Å²) in [7, 11) is 0. The fourth-order valence-electron chi connectivity index (χ4n) is 2.71. The monoisotopic (exact) mass is 283 g/mol. The van der Waals surface area contributed by atoms with Gasteiger partial charge in [-0.25, -0.2) is 0 Å². The van der Waals surface area contributed by atoms with Crippen molar-refractivity contribution >= 4 is 6.72 Å². The highest BCUT2D eigenvalue weighted by molar-refractivity contribution is 5.29. The Bertz CT molecular complexity index is 529. The van der Waals surface area contributed by atoms with Crippen LogP contribution in [0, 0.1) is 0 Å². The van der Waals surface area contributed by atoms with E-state index < -0.39 is 0 Å². The van der Waals surface area contributed by atoms with Crippen LogP contribution in [0.25, 0.3) is 0 Å². The summed E-state index contributed by atoms with van der Waals surface area (Å²) < 4.78 is 0. The lowest BCUT2D eigenvalue weighted by Crippen LogP contribution is -2.25. The van der Waals surface area contributed by atoms with E-state index in [1.807, 2.05) is 12.4 Å². The molecule has 0 N–H and O–H groups in total. The Morgan fingerprint density at radius 1 is 1.43 bits per heavy atom.